The summed E-state index contributed by atoms with van der Waals surface area (Å²) in [7, 11) is 0. The molecule has 0 atom stereocenters. The van der Waals surface area contributed by atoms with Gasteiger partial charge in [0.2, 0.25) is 6.61 Å². The van der Waals surface area contributed by atoms with Crippen LogP contribution in [0.5, 0.6) is 11.5 Å². The molecule has 0 aliphatic carbocycles. The van der Waals surface area contributed by atoms with Crippen molar-refractivity contribution in [2.75, 3.05) is 0 Å². The Kier molecular flexibility index (Phi) is 4.51. The maximum absolute atomic E-state index is 5.59. The summed E-state index contributed by atoms with van der Waals surface area (Å²) in [5.41, 5.74) is 0. The third-order valence-electron chi connectivity index (χ3n) is 2.88. The van der Waals surface area contributed by atoms with Crippen LogP contribution >= 0.6 is 0 Å². The lowest BCUT2D eigenvalue weighted by Gasteiger charge is -2.01. The van der Waals surface area contributed by atoms with Crippen LogP contribution in [0.3, 0.4) is 0 Å². The molecule has 0 aliphatic rings. The van der Waals surface area contributed by atoms with Crippen molar-refractivity contribution in [1.82, 2.24) is 10.2 Å². The second-order valence-corrected chi connectivity index (χ2v) is 4.55. The Balaban J connectivity index is 1.52. The molecule has 0 radical (unpaired) electrons. The standard InChI is InChI=1S/C16H14N4O2/c1-3-7-13(8-4-1)21-11-15-17-19-16(20-18-15)12-22-14-9-5-2-6-10-14/h1-10H,11-12H2/p+2. The SMILES string of the molecule is c1ccc(OCc2n[nH+]c(COc3ccccc3)[nH+]n2)cc1. The summed E-state index contributed by atoms with van der Waals surface area (Å²) in [5, 5.41) is 14.0. The molecule has 6 heteroatoms. The number of rotatable bonds is 6. The molecule has 22 heavy (non-hydrogen) atoms. The van der Waals surface area contributed by atoms with Gasteiger partial charge in [0.25, 0.3) is 5.82 Å². The topological polar surface area (TPSA) is 72.5 Å². The van der Waals surface area contributed by atoms with Gasteiger partial charge in [-0.1, -0.05) is 36.4 Å². The third kappa shape index (κ3) is 3.99. The van der Waals surface area contributed by atoms with Crippen molar-refractivity contribution < 1.29 is 19.7 Å². The third-order valence-corrected chi connectivity index (χ3v) is 2.88. The number of aromatic amines is 2. The number of benzene rings is 2. The highest BCUT2D eigenvalue weighted by molar-refractivity contribution is 5.21. The molecule has 110 valence electrons. The Bertz CT molecular complexity index is 628. The van der Waals surface area contributed by atoms with Crippen molar-refractivity contribution in [3.8, 4) is 11.5 Å². The lowest BCUT2D eigenvalue weighted by Crippen LogP contribution is -2.34. The molecule has 0 aliphatic heterocycles. The molecular weight excluding hydrogens is 280 g/mol. The van der Waals surface area contributed by atoms with Gasteiger partial charge in [-0.15, -0.1) is 0 Å². The van der Waals surface area contributed by atoms with Crippen LogP contribution in [-0.2, 0) is 13.2 Å². The monoisotopic (exact) mass is 296 g/mol. The molecule has 0 amide bonds. The smallest absolute Gasteiger partial charge is 0.485 e. The van der Waals surface area contributed by atoms with Gasteiger partial charge in [-0.2, -0.15) is 0 Å². The minimum atomic E-state index is 0.289. The Morgan fingerprint density at radius 2 is 1.18 bits per heavy atom. The minimum Gasteiger partial charge on any atom is -0.485 e. The van der Waals surface area contributed by atoms with Crippen LogP contribution in [0.25, 0.3) is 0 Å². The van der Waals surface area contributed by atoms with Gasteiger partial charge in [0.05, 0.1) is 0 Å². The molecule has 1 heterocycles. The Morgan fingerprint density at radius 1 is 0.682 bits per heavy atom. The fraction of sp³-hybridized carbons (Fsp3) is 0.125. The van der Waals surface area contributed by atoms with Gasteiger partial charge in [-0.25, -0.2) is 0 Å². The lowest BCUT2D eigenvalue weighted by atomic mass is 10.3. The van der Waals surface area contributed by atoms with E-state index < -0.39 is 0 Å². The molecule has 2 N–H and O–H groups in total. The predicted octanol–water partition coefficient (Wildman–Crippen LogP) is 1.26. The second-order valence-electron chi connectivity index (χ2n) is 4.55. The Labute approximate surface area is 127 Å². The Hall–Kier alpha value is -3.02. The van der Waals surface area contributed by atoms with E-state index in [1.807, 2.05) is 60.7 Å². The summed E-state index contributed by atoms with van der Waals surface area (Å²) in [5.74, 6) is 2.78. The predicted molar refractivity (Wildman–Crippen MR) is 76.7 cm³/mol. The quantitative estimate of drug-likeness (QED) is 0.686. The fourth-order valence-electron chi connectivity index (χ4n) is 1.78. The summed E-state index contributed by atoms with van der Waals surface area (Å²) in [6, 6.07) is 19.1. The van der Waals surface area contributed by atoms with Crippen LogP contribution in [0, 0.1) is 0 Å². The molecule has 3 rings (SSSR count). The van der Waals surface area contributed by atoms with E-state index >= 15 is 0 Å². The average molecular weight is 296 g/mol. The van der Waals surface area contributed by atoms with Gasteiger partial charge >= 0.3 is 5.82 Å². The van der Waals surface area contributed by atoms with Gasteiger partial charge in [-0.3, -0.25) is 0 Å². The molecule has 0 unspecified atom stereocenters. The number of hydrogen-bond acceptors (Lipinski definition) is 4. The second kappa shape index (κ2) is 7.12. The van der Waals surface area contributed by atoms with E-state index in [0.29, 0.717) is 18.3 Å². The van der Waals surface area contributed by atoms with Crippen molar-refractivity contribution in [1.29, 1.82) is 0 Å². The normalized spacial score (nSPS) is 10.2. The van der Waals surface area contributed by atoms with Crippen LogP contribution in [0.15, 0.2) is 60.7 Å². The molecule has 6 nitrogen and oxygen atoms in total. The first-order valence-corrected chi connectivity index (χ1v) is 6.91. The van der Waals surface area contributed by atoms with Gasteiger partial charge in [0.1, 0.15) is 11.5 Å². The zero-order valence-electron chi connectivity index (χ0n) is 11.9. The van der Waals surface area contributed by atoms with Crippen molar-refractivity contribution >= 4 is 0 Å². The highest BCUT2D eigenvalue weighted by Crippen LogP contribution is 2.10. The first-order chi connectivity index (χ1) is 10.9. The van der Waals surface area contributed by atoms with E-state index in [1.54, 1.807) is 0 Å². The van der Waals surface area contributed by atoms with Crippen molar-refractivity contribution in [3.05, 3.63) is 72.3 Å². The molecule has 0 saturated carbocycles. The van der Waals surface area contributed by atoms with Gasteiger partial charge in [0, 0.05) is 10.2 Å². The van der Waals surface area contributed by atoms with Crippen molar-refractivity contribution in [2.45, 2.75) is 13.2 Å². The zero-order valence-corrected chi connectivity index (χ0v) is 11.9. The molecule has 3 aromatic rings. The minimum absolute atomic E-state index is 0.289. The molecule has 0 fully saturated rings. The number of aromatic nitrogens is 4. The van der Waals surface area contributed by atoms with Gasteiger partial charge in [0.15, 0.2) is 6.61 Å². The van der Waals surface area contributed by atoms with Crippen molar-refractivity contribution in [3.63, 3.8) is 0 Å². The van der Waals surface area contributed by atoms with E-state index in [9.17, 15) is 0 Å². The number of nitrogens with zero attached hydrogens (tertiary/aromatic N) is 2. The van der Waals surface area contributed by atoms with Crippen LogP contribution in [0.2, 0.25) is 0 Å². The molecule has 0 saturated heterocycles. The van der Waals surface area contributed by atoms with Crippen LogP contribution < -0.4 is 19.7 Å². The maximum Gasteiger partial charge on any atom is 0.502 e. The summed E-state index contributed by atoms with van der Waals surface area (Å²) in [6.45, 7) is 0.626. The molecule has 0 spiro atoms. The molecular formula is C16H16N4O2+2. The summed E-state index contributed by atoms with van der Waals surface area (Å²) < 4.78 is 11.2. The highest BCUT2D eigenvalue weighted by atomic mass is 16.5. The number of para-hydroxylation sites is 2. The van der Waals surface area contributed by atoms with Crippen LogP contribution in [0.1, 0.15) is 11.6 Å². The first-order valence-electron chi connectivity index (χ1n) is 6.91. The largest absolute Gasteiger partial charge is 0.502 e. The highest BCUT2D eigenvalue weighted by Gasteiger charge is 2.15. The lowest BCUT2D eigenvalue weighted by molar-refractivity contribution is -0.626. The van der Waals surface area contributed by atoms with Crippen molar-refractivity contribution in [2.24, 2.45) is 0 Å². The fourth-order valence-corrected chi connectivity index (χ4v) is 1.78. The summed E-state index contributed by atoms with van der Waals surface area (Å²) in [6.07, 6.45) is 0. The average Bonchev–Trinajstić information content (AvgIpc) is 2.61. The van der Waals surface area contributed by atoms with Gasteiger partial charge < -0.3 is 9.47 Å². The molecule has 2 aromatic carbocycles. The van der Waals surface area contributed by atoms with E-state index in [2.05, 4.69) is 20.4 Å². The maximum atomic E-state index is 5.59. The van der Waals surface area contributed by atoms with Gasteiger partial charge in [-0.05, 0) is 34.5 Å². The zero-order chi connectivity index (χ0) is 15.0. The summed E-state index contributed by atoms with van der Waals surface area (Å²) >= 11 is 0. The van der Waals surface area contributed by atoms with Crippen LogP contribution in [-0.4, -0.2) is 10.2 Å². The number of ether oxygens (including phenoxy) is 2. The van der Waals surface area contributed by atoms with E-state index in [1.165, 1.54) is 0 Å². The molecule has 0 bridgehead atoms. The first kappa shape index (κ1) is 13.9. The Morgan fingerprint density at radius 3 is 1.73 bits per heavy atom. The number of hydrogen-bond donors (Lipinski definition) is 0. The van der Waals surface area contributed by atoms with E-state index in [4.69, 9.17) is 9.47 Å². The van der Waals surface area contributed by atoms with E-state index in [-0.39, 0.29) is 6.61 Å². The molecule has 1 aromatic heterocycles. The summed E-state index contributed by atoms with van der Waals surface area (Å²) in [4.78, 5) is 0. The number of H-pyrrole nitrogens is 2. The number of nitrogens with one attached hydrogen (secondary N) is 2. The van der Waals surface area contributed by atoms with Crippen LogP contribution in [0.4, 0.5) is 0 Å². The van der Waals surface area contributed by atoms with E-state index in [0.717, 1.165) is 11.5 Å².